The molecule has 9 N–H and O–H groups in total. The molecule has 30 heavy (non-hydrogen) atoms. The molecule has 1 saturated heterocycles. The highest BCUT2D eigenvalue weighted by molar-refractivity contribution is 8.15. The van der Waals surface area contributed by atoms with E-state index in [9.17, 15) is 33.9 Å². The van der Waals surface area contributed by atoms with Gasteiger partial charge >= 0.3 is 39.3 Å². The molecule has 5 atom stereocenters. The second-order valence-electron chi connectivity index (χ2n) is 5.57. The van der Waals surface area contributed by atoms with Gasteiger partial charge in [-0.2, -0.15) is 13.6 Å². The summed E-state index contributed by atoms with van der Waals surface area (Å²) in [5.41, 5.74) is 4.56. The Balaban J connectivity index is 2.06. The number of aromatic nitrogens is 2. The van der Waals surface area contributed by atoms with Crippen LogP contribution in [0.4, 0.5) is 5.82 Å². The van der Waals surface area contributed by atoms with Crippen LogP contribution in [0, 0.1) is 0 Å². The first kappa shape index (κ1) is 25.6. The van der Waals surface area contributed by atoms with Crippen LogP contribution in [0.5, 0.6) is 0 Å². The topological polar surface area (TPSA) is 274 Å². The molecule has 2 heterocycles. The number of nitrogens with zero attached hydrogens (tertiary/aromatic N) is 2. The van der Waals surface area contributed by atoms with Crippen LogP contribution in [0.25, 0.3) is 0 Å². The van der Waals surface area contributed by atoms with Crippen LogP contribution < -0.4 is 11.4 Å². The largest absolute Gasteiger partial charge is 0.571 e. The summed E-state index contributed by atoms with van der Waals surface area (Å²) in [5.74, 6) is -0.0544. The van der Waals surface area contributed by atoms with Crippen LogP contribution in [-0.4, -0.2) is 62.7 Å². The molecule has 1 aromatic rings. The number of anilines is 1. The van der Waals surface area contributed by atoms with Gasteiger partial charge in [0.2, 0.25) is 6.29 Å². The van der Waals surface area contributed by atoms with Gasteiger partial charge in [0.15, 0.2) is 0 Å². The number of aliphatic hydroxyl groups is 2. The molecule has 0 aliphatic carbocycles. The number of hydrogen-bond donors (Lipinski definition) is 8. The van der Waals surface area contributed by atoms with Gasteiger partial charge in [0.05, 0.1) is 6.10 Å². The van der Waals surface area contributed by atoms with Crippen molar-refractivity contribution < 1.29 is 61.4 Å². The molecule has 172 valence electrons. The first-order chi connectivity index (χ1) is 13.6. The average Bonchev–Trinajstić information content (AvgIpc) is 2.90. The van der Waals surface area contributed by atoms with Crippen LogP contribution in [-0.2, 0) is 37.9 Å². The first-order valence-electron chi connectivity index (χ1n) is 7.45. The molecular weight excluding hydrogens is 499 g/mol. The molecule has 0 aromatic carbocycles. The number of nitrogens with two attached hydrogens (primary N) is 1. The molecule has 2 unspecified atom stereocenters. The Labute approximate surface area is 170 Å². The molecule has 0 bridgehead atoms. The lowest BCUT2D eigenvalue weighted by molar-refractivity contribution is -0.148. The summed E-state index contributed by atoms with van der Waals surface area (Å²) in [6.45, 7) is -5.01. The van der Waals surface area contributed by atoms with Crippen LogP contribution >= 0.6 is 22.4 Å². The Kier molecular flexibility index (Phi) is 8.07. The van der Waals surface area contributed by atoms with E-state index in [1.807, 2.05) is 0 Å². The highest BCUT2D eigenvalue weighted by Crippen LogP contribution is 2.65. The standard InChI is InChI=1S/C9H16N3O14P3S/c10-5-1-2-12(9(15)11-5)6-3-4(13)7(23-6)8(14)24-30-29(21,22)26-28(19,20)25-27(16,17)18/h1-2,4,6-8,13-14H,3H2,(H6-,10,11,15,16,17,18,19,20,21,22)/p+1/t4-,6+,7-,8?/m0/s1. The fraction of sp³-hybridized carbons (Fsp3) is 0.556. The molecule has 1 aliphatic heterocycles. The molecular formula is C9H17N3O14P3S+. The van der Waals surface area contributed by atoms with Gasteiger partial charge in [-0.3, -0.25) is 14.4 Å². The van der Waals surface area contributed by atoms with Gasteiger partial charge in [-0.15, -0.1) is 0 Å². The summed E-state index contributed by atoms with van der Waals surface area (Å²) < 4.78 is 40.0. The Morgan fingerprint density at radius 1 is 1.27 bits per heavy atom. The summed E-state index contributed by atoms with van der Waals surface area (Å²) in [5, 5.41) is 20.0. The summed E-state index contributed by atoms with van der Waals surface area (Å²) in [6.07, 6.45) is -5.03. The minimum absolute atomic E-state index is 0.0544. The van der Waals surface area contributed by atoms with Crippen molar-refractivity contribution in [3.05, 3.63) is 22.7 Å². The summed E-state index contributed by atoms with van der Waals surface area (Å²) in [4.78, 5) is 60.4. The Morgan fingerprint density at radius 2 is 1.90 bits per heavy atom. The van der Waals surface area contributed by atoms with Gasteiger partial charge < -0.3 is 35.4 Å². The van der Waals surface area contributed by atoms with Crippen molar-refractivity contribution in [1.29, 1.82) is 0 Å². The third kappa shape index (κ3) is 7.49. The second-order valence-corrected chi connectivity index (χ2v) is 12.0. The molecule has 1 fully saturated rings. The maximum Gasteiger partial charge on any atom is 0.571 e. The zero-order chi connectivity index (χ0) is 22.9. The third-order valence-corrected chi connectivity index (χ3v) is 8.51. The summed E-state index contributed by atoms with van der Waals surface area (Å²) in [6, 6.07) is 1.29. The van der Waals surface area contributed by atoms with E-state index >= 15 is 0 Å². The normalized spacial score (nSPS) is 25.6. The predicted molar refractivity (Wildman–Crippen MR) is 97.3 cm³/mol. The van der Waals surface area contributed by atoms with Crippen molar-refractivity contribution in [2.75, 3.05) is 5.73 Å². The van der Waals surface area contributed by atoms with E-state index in [4.69, 9.17) is 25.2 Å². The highest BCUT2D eigenvalue weighted by Gasteiger charge is 2.47. The van der Waals surface area contributed by atoms with Gasteiger partial charge in [0.25, 0.3) is 0 Å². The Morgan fingerprint density at radius 3 is 2.47 bits per heavy atom. The monoisotopic (exact) mass is 516 g/mol. The fourth-order valence-corrected chi connectivity index (χ4v) is 6.76. The van der Waals surface area contributed by atoms with Gasteiger partial charge in [-0.1, -0.05) is 4.18 Å². The number of rotatable bonds is 8. The van der Waals surface area contributed by atoms with Gasteiger partial charge in [0, 0.05) is 12.6 Å². The van der Waals surface area contributed by atoms with Crippen LogP contribution in [0.3, 0.4) is 0 Å². The van der Waals surface area contributed by atoms with E-state index < -0.39 is 64.0 Å². The zero-order valence-corrected chi connectivity index (χ0v) is 17.9. The first-order valence-corrected chi connectivity index (χ1v) is 13.4. The summed E-state index contributed by atoms with van der Waals surface area (Å²) >= 11 is -0.473. The molecule has 0 radical (unpaired) electrons. The minimum atomic E-state index is -5.62. The Hall–Kier alpha value is -0.650. The highest BCUT2D eigenvalue weighted by atomic mass is 32.5. The molecule has 1 aromatic heterocycles. The lowest BCUT2D eigenvalue weighted by atomic mass is 10.2. The maximum absolute atomic E-state index is 11.8. The predicted octanol–water partition coefficient (Wildman–Crippen LogP) is -2.31. The van der Waals surface area contributed by atoms with E-state index in [0.717, 1.165) is 4.57 Å². The van der Waals surface area contributed by atoms with Gasteiger partial charge in [-0.05, 0) is 6.07 Å². The fourth-order valence-electron chi connectivity index (χ4n) is 2.20. The van der Waals surface area contributed by atoms with E-state index in [0.29, 0.717) is 0 Å². The number of phosphoric acid groups is 2. The van der Waals surface area contributed by atoms with Crippen molar-refractivity contribution in [2.45, 2.75) is 31.1 Å². The molecule has 0 spiro atoms. The van der Waals surface area contributed by atoms with E-state index in [2.05, 4.69) is 17.8 Å². The van der Waals surface area contributed by atoms with E-state index in [1.54, 1.807) is 0 Å². The quantitative estimate of drug-likeness (QED) is 0.0780. The van der Waals surface area contributed by atoms with E-state index in [-0.39, 0.29) is 12.2 Å². The van der Waals surface area contributed by atoms with E-state index in [1.165, 1.54) is 12.3 Å². The van der Waals surface area contributed by atoms with Crippen LogP contribution in [0.2, 0.25) is 0 Å². The molecule has 2 rings (SSSR count). The zero-order valence-electron chi connectivity index (χ0n) is 14.4. The molecule has 17 nitrogen and oxygen atoms in total. The SMILES string of the molecule is Nc1ccn([C@H]2C[C@H](O)[C@@H](C(O)O[S+]=P(O)(O)OP(=O)(O)OP(=O)(O)O)O2)c(=O)n1. The molecule has 0 saturated carbocycles. The van der Waals surface area contributed by atoms with Gasteiger partial charge in [-0.25, -0.2) is 13.9 Å². The lowest BCUT2D eigenvalue weighted by Gasteiger charge is -2.17. The average molecular weight is 516 g/mol. The number of ether oxygens (including phenoxy) is 1. The number of hydrogen-bond acceptors (Lipinski definition) is 11. The summed E-state index contributed by atoms with van der Waals surface area (Å²) in [7, 11) is -11.1. The molecule has 0 amide bonds. The number of nitrogen functional groups attached to an aromatic ring is 1. The van der Waals surface area contributed by atoms with Crippen molar-refractivity contribution in [2.24, 2.45) is 0 Å². The van der Waals surface area contributed by atoms with Gasteiger partial charge in [0.1, 0.15) is 18.1 Å². The van der Waals surface area contributed by atoms with Crippen molar-refractivity contribution in [3.8, 4) is 0 Å². The lowest BCUT2D eigenvalue weighted by Crippen LogP contribution is -2.36. The number of aliphatic hydroxyl groups excluding tert-OH is 2. The van der Waals surface area contributed by atoms with Crippen molar-refractivity contribution >= 4 is 39.4 Å². The van der Waals surface area contributed by atoms with Crippen molar-refractivity contribution in [3.63, 3.8) is 0 Å². The second kappa shape index (κ2) is 9.46. The Bertz CT molecular complexity index is 975. The third-order valence-electron chi connectivity index (χ3n) is 3.24. The van der Waals surface area contributed by atoms with Crippen LogP contribution in [0.1, 0.15) is 12.6 Å². The molecule has 1 aliphatic rings. The maximum atomic E-state index is 11.8. The smallest absolute Gasteiger partial charge is 0.390 e. The van der Waals surface area contributed by atoms with Crippen LogP contribution in [0.15, 0.2) is 17.1 Å². The van der Waals surface area contributed by atoms with Crippen molar-refractivity contribution in [1.82, 2.24) is 9.55 Å². The minimum Gasteiger partial charge on any atom is -0.390 e. The molecule has 21 heteroatoms.